The monoisotopic (exact) mass is 416 g/mol. The Morgan fingerprint density at radius 3 is 2.73 bits per heavy atom. The molecular weight excluding hydrogens is 400 g/mol. The number of nitrogens with one attached hydrogen (secondary N) is 1. The summed E-state index contributed by atoms with van der Waals surface area (Å²) in [6.45, 7) is 2.16. The summed E-state index contributed by atoms with van der Waals surface area (Å²) in [5.41, 5.74) is 0.892. The number of nitriles is 1. The van der Waals surface area contributed by atoms with Gasteiger partial charge in [0.25, 0.3) is 5.91 Å². The summed E-state index contributed by atoms with van der Waals surface area (Å²) in [5, 5.41) is 22.0. The molecule has 0 heterocycles. The van der Waals surface area contributed by atoms with Gasteiger partial charge in [-0.25, -0.2) is 0 Å². The van der Waals surface area contributed by atoms with E-state index in [-0.39, 0.29) is 17.1 Å². The Hall–Kier alpha value is -2.98. The van der Waals surface area contributed by atoms with Crippen LogP contribution in [0.3, 0.4) is 0 Å². The number of carbonyl (C=O) groups is 1. The summed E-state index contributed by atoms with van der Waals surface area (Å²) in [7, 11) is 1.50. The second-order valence-corrected chi connectivity index (χ2v) is 5.96. The highest BCUT2D eigenvalue weighted by Crippen LogP contribution is 2.36. The van der Waals surface area contributed by atoms with E-state index in [1.54, 1.807) is 43.3 Å². The first-order valence-corrected chi connectivity index (χ1v) is 8.50. The quantitative estimate of drug-likeness (QED) is 0.545. The summed E-state index contributed by atoms with van der Waals surface area (Å²) in [6.07, 6.45) is 1.41. The van der Waals surface area contributed by atoms with Gasteiger partial charge in [0, 0.05) is 0 Å². The van der Waals surface area contributed by atoms with Crippen LogP contribution in [-0.4, -0.2) is 24.7 Å². The summed E-state index contributed by atoms with van der Waals surface area (Å²) in [5.74, 6) is 0.139. The Bertz CT molecular complexity index is 888. The van der Waals surface area contributed by atoms with Crippen LogP contribution in [0.1, 0.15) is 12.5 Å². The van der Waals surface area contributed by atoms with Crippen molar-refractivity contribution >= 4 is 33.6 Å². The minimum atomic E-state index is -0.570. The van der Waals surface area contributed by atoms with Crippen LogP contribution < -0.4 is 14.8 Å². The molecule has 0 aliphatic rings. The molecule has 0 saturated heterocycles. The minimum absolute atomic E-state index is 0.0408. The van der Waals surface area contributed by atoms with Crippen molar-refractivity contribution < 1.29 is 19.4 Å². The number of methoxy groups -OCH3 is 1. The molecule has 0 fully saturated rings. The van der Waals surface area contributed by atoms with Crippen molar-refractivity contribution in [3.63, 3.8) is 0 Å². The predicted molar refractivity (Wildman–Crippen MR) is 102 cm³/mol. The number of phenolic OH excluding ortho intramolecular Hbond substituents is 1. The highest BCUT2D eigenvalue weighted by molar-refractivity contribution is 9.10. The highest BCUT2D eigenvalue weighted by Gasteiger charge is 2.14. The molecule has 6 nitrogen and oxygen atoms in total. The van der Waals surface area contributed by atoms with Gasteiger partial charge in [-0.15, -0.1) is 0 Å². The molecule has 2 aromatic rings. The number of hydrogen-bond acceptors (Lipinski definition) is 5. The lowest BCUT2D eigenvalue weighted by Crippen LogP contribution is -2.14. The molecule has 0 aliphatic carbocycles. The zero-order chi connectivity index (χ0) is 19.1. The van der Waals surface area contributed by atoms with Crippen LogP contribution in [0, 0.1) is 11.3 Å². The second-order valence-electron chi connectivity index (χ2n) is 5.11. The molecule has 2 N–H and O–H groups in total. The fourth-order valence-electron chi connectivity index (χ4n) is 2.20. The molecule has 2 aromatic carbocycles. The van der Waals surface area contributed by atoms with E-state index in [1.807, 2.05) is 6.07 Å². The third kappa shape index (κ3) is 4.55. The molecule has 1 amide bonds. The lowest BCUT2D eigenvalue weighted by molar-refractivity contribution is -0.112. The van der Waals surface area contributed by atoms with Crippen molar-refractivity contribution in [3.05, 3.63) is 52.0 Å². The summed E-state index contributed by atoms with van der Waals surface area (Å²) >= 11 is 3.23. The van der Waals surface area contributed by atoms with Gasteiger partial charge in [-0.2, -0.15) is 5.26 Å². The van der Waals surface area contributed by atoms with E-state index >= 15 is 0 Å². The first kappa shape index (κ1) is 19.3. The lowest BCUT2D eigenvalue weighted by Gasteiger charge is -2.10. The van der Waals surface area contributed by atoms with Gasteiger partial charge in [-0.3, -0.25) is 4.79 Å². The van der Waals surface area contributed by atoms with Gasteiger partial charge >= 0.3 is 0 Å². The number of nitrogens with zero attached hydrogens (tertiary/aromatic N) is 1. The van der Waals surface area contributed by atoms with Gasteiger partial charge in [-0.05, 0) is 58.8 Å². The first-order chi connectivity index (χ1) is 12.5. The van der Waals surface area contributed by atoms with Crippen LogP contribution >= 0.6 is 15.9 Å². The minimum Gasteiger partial charge on any atom is -0.503 e. The molecule has 0 spiro atoms. The molecule has 7 heteroatoms. The summed E-state index contributed by atoms with van der Waals surface area (Å²) in [4.78, 5) is 12.4. The normalized spacial score (nSPS) is 10.8. The maximum atomic E-state index is 12.4. The second kappa shape index (κ2) is 8.92. The summed E-state index contributed by atoms with van der Waals surface area (Å²) in [6, 6.07) is 11.9. The van der Waals surface area contributed by atoms with Crippen molar-refractivity contribution in [3.8, 4) is 23.3 Å². The van der Waals surface area contributed by atoms with E-state index in [9.17, 15) is 15.2 Å². The average molecular weight is 417 g/mol. The third-order valence-electron chi connectivity index (χ3n) is 3.38. The van der Waals surface area contributed by atoms with Gasteiger partial charge in [-0.1, -0.05) is 12.1 Å². The first-order valence-electron chi connectivity index (χ1n) is 7.71. The van der Waals surface area contributed by atoms with Crippen LogP contribution in [0.2, 0.25) is 0 Å². The molecular formula is C19H17BrN2O4. The number of carbonyl (C=O) groups excluding carboxylic acids is 1. The molecule has 2 rings (SSSR count). The maximum absolute atomic E-state index is 12.4. The fourth-order valence-corrected chi connectivity index (χ4v) is 2.66. The SMILES string of the molecule is CCOc1cc(/C=C(/C#N)C(=O)Nc2ccccc2OC)cc(Br)c1O. The topological polar surface area (TPSA) is 91.6 Å². The van der Waals surface area contributed by atoms with Crippen molar-refractivity contribution in [2.45, 2.75) is 6.92 Å². The van der Waals surface area contributed by atoms with Crippen LogP contribution in [0.15, 0.2) is 46.4 Å². The largest absolute Gasteiger partial charge is 0.503 e. The predicted octanol–water partition coefficient (Wildman–Crippen LogP) is 4.11. The summed E-state index contributed by atoms with van der Waals surface area (Å²) < 4.78 is 10.9. The molecule has 0 saturated carbocycles. The number of halogens is 1. The van der Waals surface area contributed by atoms with Crippen LogP contribution in [0.25, 0.3) is 6.08 Å². The Morgan fingerprint density at radius 2 is 2.08 bits per heavy atom. The lowest BCUT2D eigenvalue weighted by atomic mass is 10.1. The number of ether oxygens (including phenoxy) is 2. The number of amides is 1. The van der Waals surface area contributed by atoms with Crippen LogP contribution in [-0.2, 0) is 4.79 Å². The molecule has 0 unspecified atom stereocenters. The maximum Gasteiger partial charge on any atom is 0.266 e. The van der Waals surface area contributed by atoms with E-state index in [2.05, 4.69) is 21.2 Å². The van der Waals surface area contributed by atoms with E-state index < -0.39 is 5.91 Å². The standard InChI is InChI=1S/C19H17BrN2O4/c1-3-26-17-10-12(9-14(20)18(17)23)8-13(11-21)19(24)22-15-6-4-5-7-16(15)25-2/h4-10,23H,3H2,1-2H3,(H,22,24)/b13-8-. The third-order valence-corrected chi connectivity index (χ3v) is 3.99. The molecule has 0 aliphatic heterocycles. The zero-order valence-corrected chi connectivity index (χ0v) is 15.8. The molecule has 134 valence electrons. The molecule has 0 bridgehead atoms. The highest BCUT2D eigenvalue weighted by atomic mass is 79.9. The van der Waals surface area contributed by atoms with Crippen molar-refractivity contribution in [2.75, 3.05) is 19.0 Å². The smallest absolute Gasteiger partial charge is 0.266 e. The zero-order valence-electron chi connectivity index (χ0n) is 14.2. The van der Waals surface area contributed by atoms with Crippen molar-refractivity contribution in [2.24, 2.45) is 0 Å². The molecule has 0 aromatic heterocycles. The van der Waals surface area contributed by atoms with Gasteiger partial charge in [0.1, 0.15) is 17.4 Å². The number of rotatable bonds is 6. The number of aromatic hydroxyl groups is 1. The molecule has 0 atom stereocenters. The molecule has 0 radical (unpaired) electrons. The van der Waals surface area contributed by atoms with Gasteiger partial charge < -0.3 is 19.9 Å². The van der Waals surface area contributed by atoms with Crippen LogP contribution in [0.5, 0.6) is 17.2 Å². The van der Waals surface area contributed by atoms with E-state index in [1.165, 1.54) is 13.2 Å². The van der Waals surface area contributed by atoms with E-state index in [4.69, 9.17) is 9.47 Å². The number of phenols is 1. The van der Waals surface area contributed by atoms with Gasteiger partial charge in [0.05, 0.1) is 23.9 Å². The van der Waals surface area contributed by atoms with Gasteiger partial charge in [0.15, 0.2) is 11.5 Å². The van der Waals surface area contributed by atoms with Crippen LogP contribution in [0.4, 0.5) is 5.69 Å². The van der Waals surface area contributed by atoms with E-state index in [0.717, 1.165) is 0 Å². The number of hydrogen-bond donors (Lipinski definition) is 2. The fraction of sp³-hybridized carbons (Fsp3) is 0.158. The average Bonchev–Trinajstić information content (AvgIpc) is 2.64. The van der Waals surface area contributed by atoms with Crippen molar-refractivity contribution in [1.29, 1.82) is 5.26 Å². The molecule has 26 heavy (non-hydrogen) atoms. The number of para-hydroxylation sites is 2. The Kier molecular flexibility index (Phi) is 6.64. The Balaban J connectivity index is 2.33. The van der Waals surface area contributed by atoms with E-state index in [0.29, 0.717) is 28.1 Å². The van der Waals surface area contributed by atoms with Crippen molar-refractivity contribution in [1.82, 2.24) is 0 Å². The number of benzene rings is 2. The Labute approximate surface area is 159 Å². The number of anilines is 1. The Morgan fingerprint density at radius 1 is 1.35 bits per heavy atom. The van der Waals surface area contributed by atoms with Gasteiger partial charge in [0.2, 0.25) is 0 Å².